The summed E-state index contributed by atoms with van der Waals surface area (Å²) in [5.74, 6) is 0.303. The topological polar surface area (TPSA) is 32.8 Å². The maximum atomic E-state index is 13.2. The Morgan fingerprint density at radius 1 is 1.17 bits per heavy atom. The number of hydrogen-bond acceptors (Lipinski definition) is 3. The van der Waals surface area contributed by atoms with Crippen molar-refractivity contribution in [1.82, 2.24) is 9.80 Å². The standard InChI is InChI=1S/C19H27FN2O2/c1-14-12-22(13-17(14)21-8-10-24-11-9-21)18(23)19(2,3)15-4-6-16(20)7-5-15/h4-7,14,17H,8-13H2,1-3H3/t14-,17+/m1/s1. The van der Waals surface area contributed by atoms with Crippen molar-refractivity contribution in [3.63, 3.8) is 0 Å². The number of likely N-dealkylation sites (tertiary alicyclic amines) is 1. The fourth-order valence-corrected chi connectivity index (χ4v) is 3.89. The maximum Gasteiger partial charge on any atom is 0.232 e. The van der Waals surface area contributed by atoms with Crippen LogP contribution >= 0.6 is 0 Å². The summed E-state index contributed by atoms with van der Waals surface area (Å²) in [5.41, 5.74) is 0.212. The second-order valence-electron chi connectivity index (χ2n) is 7.54. The quantitative estimate of drug-likeness (QED) is 0.850. The molecule has 2 aliphatic rings. The SMILES string of the molecule is C[C@@H]1CN(C(=O)C(C)(C)c2ccc(F)cc2)C[C@@H]1N1CCOCC1. The van der Waals surface area contributed by atoms with Crippen LogP contribution in [0.3, 0.4) is 0 Å². The van der Waals surface area contributed by atoms with Crippen molar-refractivity contribution >= 4 is 5.91 Å². The van der Waals surface area contributed by atoms with Gasteiger partial charge in [-0.2, -0.15) is 0 Å². The summed E-state index contributed by atoms with van der Waals surface area (Å²) in [6, 6.07) is 6.68. The number of amides is 1. The van der Waals surface area contributed by atoms with Crippen molar-refractivity contribution in [1.29, 1.82) is 0 Å². The molecule has 0 spiro atoms. The second-order valence-corrected chi connectivity index (χ2v) is 7.54. The zero-order valence-electron chi connectivity index (χ0n) is 14.8. The van der Waals surface area contributed by atoms with Crippen molar-refractivity contribution in [2.75, 3.05) is 39.4 Å². The molecule has 0 bridgehead atoms. The second kappa shape index (κ2) is 6.81. The fourth-order valence-electron chi connectivity index (χ4n) is 3.89. The van der Waals surface area contributed by atoms with Gasteiger partial charge in [0.25, 0.3) is 0 Å². The summed E-state index contributed by atoms with van der Waals surface area (Å²) in [6.07, 6.45) is 0. The van der Waals surface area contributed by atoms with Crippen LogP contribution in [-0.4, -0.2) is 61.1 Å². The Hall–Kier alpha value is -1.46. The molecule has 1 aromatic carbocycles. The molecule has 2 fully saturated rings. The van der Waals surface area contributed by atoms with Gasteiger partial charge in [-0.15, -0.1) is 0 Å². The lowest BCUT2D eigenvalue weighted by Crippen LogP contribution is -2.48. The third kappa shape index (κ3) is 3.33. The Bertz CT molecular complexity index is 582. The fraction of sp³-hybridized carbons (Fsp3) is 0.632. The van der Waals surface area contributed by atoms with E-state index >= 15 is 0 Å². The third-order valence-electron chi connectivity index (χ3n) is 5.48. The van der Waals surface area contributed by atoms with Crippen LogP contribution in [0, 0.1) is 11.7 Å². The number of carbonyl (C=O) groups is 1. The lowest BCUT2D eigenvalue weighted by atomic mass is 9.83. The monoisotopic (exact) mass is 334 g/mol. The molecule has 132 valence electrons. The molecular formula is C19H27FN2O2. The molecule has 24 heavy (non-hydrogen) atoms. The molecule has 2 saturated heterocycles. The molecule has 1 aromatic rings. The molecule has 0 radical (unpaired) electrons. The molecule has 2 atom stereocenters. The number of morpholine rings is 1. The number of nitrogens with zero attached hydrogens (tertiary/aromatic N) is 2. The zero-order valence-corrected chi connectivity index (χ0v) is 14.8. The largest absolute Gasteiger partial charge is 0.379 e. The van der Waals surface area contributed by atoms with Crippen LogP contribution in [0.15, 0.2) is 24.3 Å². The number of hydrogen-bond donors (Lipinski definition) is 0. The first kappa shape index (κ1) is 17.4. The van der Waals surface area contributed by atoms with Crippen LogP contribution in [0.5, 0.6) is 0 Å². The van der Waals surface area contributed by atoms with E-state index in [0.717, 1.165) is 45.0 Å². The number of benzene rings is 1. The van der Waals surface area contributed by atoms with Gasteiger partial charge in [0.2, 0.25) is 5.91 Å². The van der Waals surface area contributed by atoms with E-state index in [1.807, 2.05) is 18.7 Å². The van der Waals surface area contributed by atoms with Crippen LogP contribution in [0.4, 0.5) is 4.39 Å². The zero-order chi connectivity index (χ0) is 17.3. The van der Waals surface area contributed by atoms with Gasteiger partial charge in [-0.3, -0.25) is 9.69 Å². The van der Waals surface area contributed by atoms with E-state index in [2.05, 4.69) is 11.8 Å². The third-order valence-corrected chi connectivity index (χ3v) is 5.48. The summed E-state index contributed by atoms with van der Waals surface area (Å²) in [7, 11) is 0. The van der Waals surface area contributed by atoms with Gasteiger partial charge in [0.1, 0.15) is 5.82 Å². The van der Waals surface area contributed by atoms with Gasteiger partial charge in [0.05, 0.1) is 18.6 Å². The molecule has 0 saturated carbocycles. The van der Waals surface area contributed by atoms with E-state index in [1.165, 1.54) is 12.1 Å². The highest BCUT2D eigenvalue weighted by Crippen LogP contribution is 2.30. The Labute approximate surface area is 143 Å². The Balaban J connectivity index is 1.71. The smallest absolute Gasteiger partial charge is 0.232 e. The predicted octanol–water partition coefficient (Wildman–Crippen LogP) is 2.28. The van der Waals surface area contributed by atoms with E-state index in [9.17, 15) is 9.18 Å². The molecule has 0 N–H and O–H groups in total. The molecule has 2 aliphatic heterocycles. The number of carbonyl (C=O) groups excluding carboxylic acids is 1. The molecule has 1 amide bonds. The average molecular weight is 334 g/mol. The minimum Gasteiger partial charge on any atom is -0.379 e. The number of rotatable bonds is 3. The van der Waals surface area contributed by atoms with Crippen LogP contribution in [-0.2, 0) is 14.9 Å². The Morgan fingerprint density at radius 2 is 1.79 bits per heavy atom. The first-order valence-corrected chi connectivity index (χ1v) is 8.77. The highest BCUT2D eigenvalue weighted by atomic mass is 19.1. The van der Waals surface area contributed by atoms with Crippen LogP contribution in [0.1, 0.15) is 26.3 Å². The van der Waals surface area contributed by atoms with E-state index < -0.39 is 5.41 Å². The van der Waals surface area contributed by atoms with Gasteiger partial charge in [-0.25, -0.2) is 4.39 Å². The summed E-state index contributed by atoms with van der Waals surface area (Å²) < 4.78 is 18.6. The van der Waals surface area contributed by atoms with Gasteiger partial charge in [0.15, 0.2) is 0 Å². The Kier molecular flexibility index (Phi) is 4.92. The molecule has 5 heteroatoms. The van der Waals surface area contributed by atoms with Gasteiger partial charge in [0, 0.05) is 32.2 Å². The summed E-state index contributed by atoms with van der Waals surface area (Å²) >= 11 is 0. The molecule has 0 unspecified atom stereocenters. The molecule has 0 aromatic heterocycles. The van der Waals surface area contributed by atoms with Gasteiger partial charge >= 0.3 is 0 Å². The maximum absolute atomic E-state index is 13.2. The Morgan fingerprint density at radius 3 is 2.42 bits per heavy atom. The van der Waals surface area contributed by atoms with E-state index in [4.69, 9.17) is 4.74 Å². The number of halogens is 1. The van der Waals surface area contributed by atoms with Crippen LogP contribution < -0.4 is 0 Å². The highest BCUT2D eigenvalue weighted by Gasteiger charge is 2.41. The van der Waals surface area contributed by atoms with Crippen LogP contribution in [0.2, 0.25) is 0 Å². The molecule has 0 aliphatic carbocycles. The first-order chi connectivity index (χ1) is 11.4. The van der Waals surface area contributed by atoms with E-state index in [1.54, 1.807) is 12.1 Å². The lowest BCUT2D eigenvalue weighted by molar-refractivity contribution is -0.135. The van der Waals surface area contributed by atoms with Crippen molar-refractivity contribution in [3.8, 4) is 0 Å². The van der Waals surface area contributed by atoms with Gasteiger partial charge in [-0.05, 0) is 37.5 Å². The average Bonchev–Trinajstić information content (AvgIpc) is 2.97. The van der Waals surface area contributed by atoms with Crippen molar-refractivity contribution in [2.45, 2.75) is 32.2 Å². The normalized spacial score (nSPS) is 25.9. The number of ether oxygens (including phenoxy) is 1. The van der Waals surface area contributed by atoms with Gasteiger partial charge in [-0.1, -0.05) is 19.1 Å². The first-order valence-electron chi connectivity index (χ1n) is 8.77. The summed E-state index contributed by atoms with van der Waals surface area (Å²) in [6.45, 7) is 11.1. The summed E-state index contributed by atoms with van der Waals surface area (Å²) in [4.78, 5) is 17.5. The molecule has 3 rings (SSSR count). The van der Waals surface area contributed by atoms with Crippen LogP contribution in [0.25, 0.3) is 0 Å². The molecule has 2 heterocycles. The van der Waals surface area contributed by atoms with Gasteiger partial charge < -0.3 is 9.64 Å². The minimum absolute atomic E-state index is 0.122. The van der Waals surface area contributed by atoms with Crippen molar-refractivity contribution in [2.24, 2.45) is 5.92 Å². The predicted molar refractivity (Wildman–Crippen MR) is 91.4 cm³/mol. The minimum atomic E-state index is -0.646. The molecule has 4 nitrogen and oxygen atoms in total. The highest BCUT2D eigenvalue weighted by molar-refractivity contribution is 5.87. The van der Waals surface area contributed by atoms with E-state index in [0.29, 0.717) is 12.0 Å². The van der Waals surface area contributed by atoms with E-state index in [-0.39, 0.29) is 11.7 Å². The van der Waals surface area contributed by atoms with Crippen molar-refractivity contribution in [3.05, 3.63) is 35.6 Å². The lowest BCUT2D eigenvalue weighted by Gasteiger charge is -2.34. The molecular weight excluding hydrogens is 307 g/mol. The van der Waals surface area contributed by atoms with Crippen molar-refractivity contribution < 1.29 is 13.9 Å². The summed E-state index contributed by atoms with van der Waals surface area (Å²) in [5, 5.41) is 0.